The molecule has 0 spiro atoms. The van der Waals surface area contributed by atoms with Crippen molar-refractivity contribution in [3.8, 4) is 0 Å². The Bertz CT molecular complexity index is 1210. The third-order valence-electron chi connectivity index (χ3n) is 6.30. The van der Waals surface area contributed by atoms with Gasteiger partial charge in [-0.2, -0.15) is 0 Å². The van der Waals surface area contributed by atoms with Gasteiger partial charge in [-0.15, -0.1) is 0 Å². The van der Waals surface area contributed by atoms with Gasteiger partial charge in [-0.1, -0.05) is 49.4 Å². The Morgan fingerprint density at radius 2 is 1.59 bits per heavy atom. The van der Waals surface area contributed by atoms with E-state index in [2.05, 4.69) is 17.6 Å². The van der Waals surface area contributed by atoms with Crippen molar-refractivity contribution in [3.05, 3.63) is 89.0 Å². The van der Waals surface area contributed by atoms with Crippen LogP contribution < -0.4 is 15.5 Å². The van der Waals surface area contributed by atoms with Gasteiger partial charge in [0.1, 0.15) is 0 Å². The number of anilines is 3. The molecule has 3 amide bonds. The number of carbonyl (C=O) groups excluding carboxylic acids is 3. The monoisotopic (exact) mass is 455 g/mol. The summed E-state index contributed by atoms with van der Waals surface area (Å²) in [4.78, 5) is 40.4. The second-order valence-corrected chi connectivity index (χ2v) is 8.68. The summed E-state index contributed by atoms with van der Waals surface area (Å²) in [5.74, 6) is -1.14. The van der Waals surface area contributed by atoms with Crippen molar-refractivity contribution in [2.75, 3.05) is 22.1 Å². The molecule has 34 heavy (non-hydrogen) atoms. The van der Waals surface area contributed by atoms with E-state index in [1.807, 2.05) is 56.3 Å². The van der Waals surface area contributed by atoms with Gasteiger partial charge in [-0.25, -0.2) is 0 Å². The van der Waals surface area contributed by atoms with Crippen LogP contribution in [0.1, 0.15) is 40.4 Å². The van der Waals surface area contributed by atoms with Crippen LogP contribution in [-0.2, 0) is 16.0 Å². The molecular formula is C28H29N3O3. The highest BCUT2D eigenvalue weighted by Gasteiger charge is 2.35. The number of aryl methyl sites for hydroxylation is 3. The van der Waals surface area contributed by atoms with Crippen molar-refractivity contribution in [2.45, 2.75) is 33.6 Å². The maximum absolute atomic E-state index is 13.1. The van der Waals surface area contributed by atoms with E-state index in [0.717, 1.165) is 28.9 Å². The van der Waals surface area contributed by atoms with Crippen LogP contribution in [0.15, 0.2) is 66.7 Å². The fourth-order valence-corrected chi connectivity index (χ4v) is 4.26. The molecule has 1 fully saturated rings. The number of para-hydroxylation sites is 2. The van der Waals surface area contributed by atoms with E-state index >= 15 is 0 Å². The molecule has 0 aliphatic carbocycles. The largest absolute Gasteiger partial charge is 0.325 e. The average molecular weight is 456 g/mol. The first-order chi connectivity index (χ1) is 16.4. The Hall–Kier alpha value is -3.93. The molecule has 6 nitrogen and oxygen atoms in total. The number of nitrogens with zero attached hydrogens (tertiary/aromatic N) is 1. The first-order valence-corrected chi connectivity index (χ1v) is 11.5. The Kier molecular flexibility index (Phi) is 6.77. The number of hydrogen-bond donors (Lipinski definition) is 2. The Morgan fingerprint density at radius 1 is 0.912 bits per heavy atom. The summed E-state index contributed by atoms with van der Waals surface area (Å²) in [7, 11) is 0. The van der Waals surface area contributed by atoms with E-state index < -0.39 is 5.92 Å². The van der Waals surface area contributed by atoms with Gasteiger partial charge in [0.15, 0.2) is 0 Å². The van der Waals surface area contributed by atoms with Gasteiger partial charge in [0, 0.05) is 24.3 Å². The first kappa shape index (κ1) is 23.2. The number of nitrogens with one attached hydrogen (secondary N) is 2. The second-order valence-electron chi connectivity index (χ2n) is 8.68. The van der Waals surface area contributed by atoms with E-state index in [4.69, 9.17) is 0 Å². The summed E-state index contributed by atoms with van der Waals surface area (Å²) < 4.78 is 0. The van der Waals surface area contributed by atoms with Crippen molar-refractivity contribution in [1.82, 2.24) is 0 Å². The molecule has 174 valence electrons. The normalized spacial score (nSPS) is 15.3. The molecule has 6 heteroatoms. The number of rotatable bonds is 6. The molecule has 0 saturated carbocycles. The fraction of sp³-hybridized carbons (Fsp3) is 0.250. The zero-order chi connectivity index (χ0) is 24.2. The molecule has 1 atom stereocenters. The van der Waals surface area contributed by atoms with Crippen LogP contribution in [0.25, 0.3) is 0 Å². The van der Waals surface area contributed by atoms with Crippen LogP contribution in [0.5, 0.6) is 0 Å². The Labute approximate surface area is 200 Å². The number of benzene rings is 3. The van der Waals surface area contributed by atoms with Crippen LogP contribution in [0.3, 0.4) is 0 Å². The summed E-state index contributed by atoms with van der Waals surface area (Å²) >= 11 is 0. The molecule has 1 heterocycles. The molecular weight excluding hydrogens is 426 g/mol. The van der Waals surface area contributed by atoms with Crippen LogP contribution >= 0.6 is 0 Å². The molecule has 1 aliphatic rings. The summed E-state index contributed by atoms with van der Waals surface area (Å²) in [5.41, 5.74) is 5.48. The summed E-state index contributed by atoms with van der Waals surface area (Å²) in [5, 5.41) is 5.85. The molecule has 3 aromatic carbocycles. The average Bonchev–Trinajstić information content (AvgIpc) is 3.23. The minimum absolute atomic E-state index is 0.0783. The van der Waals surface area contributed by atoms with Crippen molar-refractivity contribution in [1.29, 1.82) is 0 Å². The summed E-state index contributed by atoms with van der Waals surface area (Å²) in [6.45, 7) is 6.27. The van der Waals surface area contributed by atoms with E-state index in [1.165, 1.54) is 5.56 Å². The van der Waals surface area contributed by atoms with E-state index in [0.29, 0.717) is 17.8 Å². The van der Waals surface area contributed by atoms with Crippen LogP contribution in [-0.4, -0.2) is 24.3 Å². The third-order valence-corrected chi connectivity index (χ3v) is 6.30. The zero-order valence-corrected chi connectivity index (χ0v) is 19.7. The summed E-state index contributed by atoms with van der Waals surface area (Å²) in [6, 6.07) is 20.6. The predicted molar refractivity (Wildman–Crippen MR) is 135 cm³/mol. The van der Waals surface area contributed by atoms with E-state index in [1.54, 1.807) is 29.2 Å². The zero-order valence-electron chi connectivity index (χ0n) is 19.7. The van der Waals surface area contributed by atoms with E-state index in [-0.39, 0.29) is 24.1 Å². The third kappa shape index (κ3) is 4.86. The Balaban J connectivity index is 1.47. The van der Waals surface area contributed by atoms with Crippen molar-refractivity contribution in [2.24, 2.45) is 5.92 Å². The number of hydrogen-bond acceptors (Lipinski definition) is 3. The van der Waals surface area contributed by atoms with Crippen LogP contribution in [0.4, 0.5) is 17.1 Å². The van der Waals surface area contributed by atoms with Crippen molar-refractivity contribution in [3.63, 3.8) is 0 Å². The molecule has 2 N–H and O–H groups in total. The lowest BCUT2D eigenvalue weighted by atomic mass is 10.1. The van der Waals surface area contributed by atoms with Crippen LogP contribution in [0.2, 0.25) is 0 Å². The van der Waals surface area contributed by atoms with Gasteiger partial charge in [-0.3, -0.25) is 14.4 Å². The van der Waals surface area contributed by atoms with Gasteiger partial charge in [-0.05, 0) is 61.2 Å². The molecule has 0 aromatic heterocycles. The Morgan fingerprint density at radius 3 is 2.26 bits per heavy atom. The molecule has 1 aliphatic heterocycles. The lowest BCUT2D eigenvalue weighted by Crippen LogP contribution is -2.28. The SMILES string of the molecule is CCc1ccc(N2CC(C(=O)Nc3ccccc3C(=O)Nc3c(C)cccc3C)CC2=O)cc1. The lowest BCUT2D eigenvalue weighted by molar-refractivity contribution is -0.122. The minimum atomic E-state index is -0.493. The topological polar surface area (TPSA) is 78.5 Å². The molecule has 0 bridgehead atoms. The standard InChI is InChI=1S/C28H29N3O3/c1-4-20-12-14-22(15-13-20)31-17-21(16-25(31)32)27(33)29-24-11-6-5-10-23(24)28(34)30-26-18(2)8-7-9-19(26)3/h5-15,21H,4,16-17H2,1-3H3,(H,29,33)(H,30,34). The predicted octanol–water partition coefficient (Wildman–Crippen LogP) is 5.11. The molecule has 1 saturated heterocycles. The molecule has 3 aromatic rings. The van der Waals surface area contributed by atoms with Gasteiger partial charge >= 0.3 is 0 Å². The van der Waals surface area contributed by atoms with E-state index in [9.17, 15) is 14.4 Å². The first-order valence-electron chi connectivity index (χ1n) is 11.5. The molecule has 4 rings (SSSR count). The quantitative estimate of drug-likeness (QED) is 0.542. The highest BCUT2D eigenvalue weighted by molar-refractivity contribution is 6.11. The maximum atomic E-state index is 13.1. The van der Waals surface area contributed by atoms with Gasteiger partial charge in [0.2, 0.25) is 11.8 Å². The highest BCUT2D eigenvalue weighted by atomic mass is 16.2. The second kappa shape index (κ2) is 9.91. The summed E-state index contributed by atoms with van der Waals surface area (Å²) in [6.07, 6.45) is 1.06. The smallest absolute Gasteiger partial charge is 0.257 e. The number of amides is 3. The number of carbonyl (C=O) groups is 3. The maximum Gasteiger partial charge on any atom is 0.257 e. The highest BCUT2D eigenvalue weighted by Crippen LogP contribution is 2.28. The minimum Gasteiger partial charge on any atom is -0.325 e. The molecule has 0 radical (unpaired) electrons. The van der Waals surface area contributed by atoms with Crippen molar-refractivity contribution < 1.29 is 14.4 Å². The lowest BCUT2D eigenvalue weighted by Gasteiger charge is -2.18. The molecule has 1 unspecified atom stereocenters. The van der Waals surface area contributed by atoms with Gasteiger partial charge in [0.05, 0.1) is 17.2 Å². The fourth-order valence-electron chi connectivity index (χ4n) is 4.26. The van der Waals surface area contributed by atoms with Gasteiger partial charge < -0.3 is 15.5 Å². The van der Waals surface area contributed by atoms with Crippen LogP contribution in [0, 0.1) is 19.8 Å². The van der Waals surface area contributed by atoms with Gasteiger partial charge in [0.25, 0.3) is 5.91 Å². The van der Waals surface area contributed by atoms with Crippen molar-refractivity contribution >= 4 is 34.8 Å².